The molecule has 2 aliphatic carbocycles. The topological polar surface area (TPSA) is 82.8 Å². The summed E-state index contributed by atoms with van der Waals surface area (Å²) in [5, 5.41) is 8.57. The zero-order valence-electron chi connectivity index (χ0n) is 11.7. The summed E-state index contributed by atoms with van der Waals surface area (Å²) in [4.78, 5) is 4.49. The second-order valence-electron chi connectivity index (χ2n) is 6.14. The van der Waals surface area contributed by atoms with Crippen LogP contribution in [0.15, 0.2) is 10.6 Å². The Morgan fingerprint density at radius 3 is 2.80 bits per heavy atom. The summed E-state index contributed by atoms with van der Waals surface area (Å²) in [5.41, 5.74) is 7.96. The van der Waals surface area contributed by atoms with Crippen LogP contribution >= 0.6 is 0 Å². The third-order valence-corrected chi connectivity index (χ3v) is 4.50. The zero-order valence-corrected chi connectivity index (χ0v) is 11.7. The molecule has 2 aromatic heterocycles. The van der Waals surface area contributed by atoms with Crippen LogP contribution in [0.5, 0.6) is 0 Å². The minimum absolute atomic E-state index is 0.407. The standard InChI is InChI=1S/C14H19N5O/c1-19-11(9-4-5-9)8-10(17-19)12-16-13(18-20-12)14(15)6-2-3-7-14/h8-9H,2-7,15H2,1H3. The van der Waals surface area contributed by atoms with Crippen LogP contribution in [-0.4, -0.2) is 19.9 Å². The van der Waals surface area contributed by atoms with Crippen molar-refractivity contribution in [1.29, 1.82) is 0 Å². The maximum atomic E-state index is 6.35. The van der Waals surface area contributed by atoms with Gasteiger partial charge >= 0.3 is 0 Å². The molecular formula is C14H19N5O. The van der Waals surface area contributed by atoms with Crippen LogP contribution in [0.4, 0.5) is 0 Å². The molecule has 0 radical (unpaired) electrons. The largest absolute Gasteiger partial charge is 0.332 e. The third kappa shape index (κ3) is 1.86. The number of nitrogens with two attached hydrogens (primary N) is 1. The lowest BCUT2D eigenvalue weighted by Crippen LogP contribution is -2.34. The summed E-state index contributed by atoms with van der Waals surface area (Å²) < 4.78 is 7.30. The van der Waals surface area contributed by atoms with Crippen LogP contribution in [0, 0.1) is 0 Å². The molecule has 2 heterocycles. The monoisotopic (exact) mass is 273 g/mol. The first-order valence-electron chi connectivity index (χ1n) is 7.33. The molecule has 2 aliphatic rings. The normalized spacial score (nSPS) is 21.5. The molecule has 0 aliphatic heterocycles. The maximum Gasteiger partial charge on any atom is 0.278 e. The first-order valence-corrected chi connectivity index (χ1v) is 7.33. The molecule has 0 saturated heterocycles. The minimum Gasteiger partial charge on any atom is -0.332 e. The number of hydrogen-bond donors (Lipinski definition) is 1. The van der Waals surface area contributed by atoms with Crippen molar-refractivity contribution in [3.8, 4) is 11.6 Å². The van der Waals surface area contributed by atoms with Crippen molar-refractivity contribution in [2.24, 2.45) is 12.8 Å². The summed E-state index contributed by atoms with van der Waals surface area (Å²) in [5.74, 6) is 1.77. The van der Waals surface area contributed by atoms with E-state index in [2.05, 4.69) is 21.3 Å². The van der Waals surface area contributed by atoms with Crippen LogP contribution in [0.2, 0.25) is 0 Å². The molecule has 20 heavy (non-hydrogen) atoms. The molecule has 2 aromatic rings. The van der Waals surface area contributed by atoms with Crippen molar-refractivity contribution >= 4 is 0 Å². The van der Waals surface area contributed by atoms with E-state index in [4.69, 9.17) is 10.3 Å². The highest BCUT2D eigenvalue weighted by Crippen LogP contribution is 2.41. The predicted octanol–water partition coefficient (Wildman–Crippen LogP) is 2.08. The summed E-state index contributed by atoms with van der Waals surface area (Å²) in [7, 11) is 1.97. The average molecular weight is 273 g/mol. The molecule has 0 unspecified atom stereocenters. The Bertz CT molecular complexity index is 634. The summed E-state index contributed by atoms with van der Waals surface area (Å²) >= 11 is 0. The predicted molar refractivity (Wildman–Crippen MR) is 72.8 cm³/mol. The van der Waals surface area contributed by atoms with Gasteiger partial charge in [0.15, 0.2) is 11.5 Å². The number of rotatable bonds is 3. The van der Waals surface area contributed by atoms with Crippen LogP contribution in [0.25, 0.3) is 11.6 Å². The Hall–Kier alpha value is -1.69. The fraction of sp³-hybridized carbons (Fsp3) is 0.643. The van der Waals surface area contributed by atoms with E-state index in [0.29, 0.717) is 17.6 Å². The fourth-order valence-corrected chi connectivity index (χ4v) is 3.11. The summed E-state index contributed by atoms with van der Waals surface area (Å²) in [6.45, 7) is 0. The van der Waals surface area contributed by atoms with Gasteiger partial charge in [0.2, 0.25) is 0 Å². The summed E-state index contributed by atoms with van der Waals surface area (Å²) in [6.07, 6.45) is 6.63. The van der Waals surface area contributed by atoms with E-state index in [9.17, 15) is 0 Å². The van der Waals surface area contributed by atoms with Gasteiger partial charge in [-0.1, -0.05) is 18.0 Å². The molecule has 4 rings (SSSR count). The van der Waals surface area contributed by atoms with Gasteiger partial charge in [0.05, 0.1) is 5.54 Å². The van der Waals surface area contributed by atoms with Crippen LogP contribution in [0.3, 0.4) is 0 Å². The molecule has 0 aromatic carbocycles. The molecule has 0 amide bonds. The molecule has 0 bridgehead atoms. The molecule has 0 atom stereocenters. The molecule has 6 nitrogen and oxygen atoms in total. The van der Waals surface area contributed by atoms with Gasteiger partial charge in [-0.2, -0.15) is 10.1 Å². The van der Waals surface area contributed by atoms with Gasteiger partial charge in [0.25, 0.3) is 5.89 Å². The van der Waals surface area contributed by atoms with Crippen molar-refractivity contribution in [2.45, 2.75) is 50.0 Å². The molecule has 2 saturated carbocycles. The SMILES string of the molecule is Cn1nc(-c2nc(C3(N)CCCC3)no2)cc1C1CC1. The summed E-state index contributed by atoms with van der Waals surface area (Å²) in [6, 6.07) is 2.06. The Labute approximate surface area is 117 Å². The van der Waals surface area contributed by atoms with Gasteiger partial charge in [-0.3, -0.25) is 4.68 Å². The van der Waals surface area contributed by atoms with Crippen molar-refractivity contribution in [3.63, 3.8) is 0 Å². The Kier molecular flexibility index (Phi) is 2.51. The Morgan fingerprint density at radius 1 is 1.35 bits per heavy atom. The van der Waals surface area contributed by atoms with E-state index >= 15 is 0 Å². The lowest BCUT2D eigenvalue weighted by atomic mass is 9.99. The lowest BCUT2D eigenvalue weighted by Gasteiger charge is -2.17. The Morgan fingerprint density at radius 2 is 2.10 bits per heavy atom. The van der Waals surface area contributed by atoms with Crippen molar-refractivity contribution < 1.29 is 4.52 Å². The van der Waals surface area contributed by atoms with Gasteiger partial charge in [-0.15, -0.1) is 0 Å². The van der Waals surface area contributed by atoms with Gasteiger partial charge in [-0.05, 0) is 31.7 Å². The number of aromatic nitrogens is 4. The molecule has 2 N–H and O–H groups in total. The highest BCUT2D eigenvalue weighted by atomic mass is 16.5. The molecule has 106 valence electrons. The fourth-order valence-electron chi connectivity index (χ4n) is 3.11. The number of aryl methyl sites for hydroxylation is 1. The van der Waals surface area contributed by atoms with Gasteiger partial charge < -0.3 is 10.3 Å². The van der Waals surface area contributed by atoms with E-state index in [1.54, 1.807) is 0 Å². The molecule has 6 heteroatoms. The quantitative estimate of drug-likeness (QED) is 0.925. The van der Waals surface area contributed by atoms with E-state index < -0.39 is 5.54 Å². The minimum atomic E-state index is -0.407. The third-order valence-electron chi connectivity index (χ3n) is 4.50. The van der Waals surface area contributed by atoms with E-state index in [1.165, 1.54) is 18.5 Å². The second-order valence-corrected chi connectivity index (χ2v) is 6.14. The highest BCUT2D eigenvalue weighted by molar-refractivity contribution is 5.48. The molecule has 0 spiro atoms. The number of nitrogens with zero attached hydrogens (tertiary/aromatic N) is 4. The van der Waals surface area contributed by atoms with Crippen LogP contribution < -0.4 is 5.73 Å². The highest BCUT2D eigenvalue weighted by Gasteiger charge is 2.36. The van der Waals surface area contributed by atoms with Gasteiger partial charge in [-0.25, -0.2) is 0 Å². The van der Waals surface area contributed by atoms with Crippen LogP contribution in [0.1, 0.15) is 56.0 Å². The average Bonchev–Trinajstić information content (AvgIpc) is 2.86. The van der Waals surface area contributed by atoms with Crippen LogP contribution in [-0.2, 0) is 12.6 Å². The van der Waals surface area contributed by atoms with Crippen molar-refractivity contribution in [1.82, 2.24) is 19.9 Å². The first-order chi connectivity index (χ1) is 9.66. The second kappa shape index (κ2) is 4.15. The van der Waals surface area contributed by atoms with E-state index in [0.717, 1.165) is 31.4 Å². The smallest absolute Gasteiger partial charge is 0.278 e. The molecule has 2 fully saturated rings. The van der Waals surface area contributed by atoms with Crippen molar-refractivity contribution in [2.75, 3.05) is 0 Å². The number of hydrogen-bond acceptors (Lipinski definition) is 5. The first kappa shape index (κ1) is 12.1. The van der Waals surface area contributed by atoms with E-state index in [1.807, 2.05) is 11.7 Å². The lowest BCUT2D eigenvalue weighted by molar-refractivity contribution is 0.372. The zero-order chi connectivity index (χ0) is 13.7. The Balaban J connectivity index is 1.66. The van der Waals surface area contributed by atoms with Gasteiger partial charge in [0, 0.05) is 18.7 Å². The van der Waals surface area contributed by atoms with Crippen molar-refractivity contribution in [3.05, 3.63) is 17.6 Å². The maximum absolute atomic E-state index is 6.35. The molecular weight excluding hydrogens is 254 g/mol. The van der Waals surface area contributed by atoms with E-state index in [-0.39, 0.29) is 0 Å². The van der Waals surface area contributed by atoms with Gasteiger partial charge in [0.1, 0.15) is 0 Å².